The maximum absolute atomic E-state index is 5.70. The summed E-state index contributed by atoms with van der Waals surface area (Å²) < 4.78 is 0. The van der Waals surface area contributed by atoms with Crippen LogP contribution in [0.1, 0.15) is 39.5 Å². The van der Waals surface area contributed by atoms with Gasteiger partial charge in [0.2, 0.25) is 0 Å². The molecule has 1 unspecified atom stereocenters. The van der Waals surface area contributed by atoms with Gasteiger partial charge in [0.05, 0.1) is 0 Å². The molecule has 0 aliphatic carbocycles. The third-order valence-electron chi connectivity index (χ3n) is 2.05. The summed E-state index contributed by atoms with van der Waals surface area (Å²) in [5, 5.41) is 0. The van der Waals surface area contributed by atoms with Crippen LogP contribution < -0.4 is 0 Å². The average molecular weight is 195 g/mol. The molecule has 0 aliphatic rings. The monoisotopic (exact) mass is 194 g/mol. The van der Waals surface area contributed by atoms with Gasteiger partial charge in [-0.15, -0.1) is 0 Å². The molecule has 0 fully saturated rings. The number of halogens is 2. The fraction of sp³-hybridized carbons (Fsp3) is 1.00. The van der Waals surface area contributed by atoms with E-state index in [9.17, 15) is 0 Å². The summed E-state index contributed by atoms with van der Waals surface area (Å²) in [6.07, 6.45) is 6.02. The first-order valence-corrected chi connectivity index (χ1v) is 5.36. The van der Waals surface area contributed by atoms with Gasteiger partial charge in [0.25, 0.3) is 0 Å². The first-order chi connectivity index (χ1) is 5.20. The molecule has 3 heteroatoms. The molecule has 0 N–H and O–H groups in total. The summed E-state index contributed by atoms with van der Waals surface area (Å²) in [7, 11) is 0. The molecule has 0 aromatic heterocycles. The molecule has 0 aliphatic heterocycles. The van der Waals surface area contributed by atoms with Gasteiger partial charge in [0, 0.05) is 0 Å². The zero-order chi connectivity index (χ0) is 8.69. The summed E-state index contributed by atoms with van der Waals surface area (Å²) in [6, 6.07) is 0. The van der Waals surface area contributed by atoms with Crippen molar-refractivity contribution in [1.29, 1.82) is 0 Å². The van der Waals surface area contributed by atoms with Crippen LogP contribution in [0.3, 0.4) is 0 Å². The molecule has 0 bridgehead atoms. The fourth-order valence-electron chi connectivity index (χ4n) is 1.23. The minimum Gasteiger partial charge on any atom is -0.172 e. The van der Waals surface area contributed by atoms with Crippen LogP contribution in [0.25, 0.3) is 0 Å². The summed E-state index contributed by atoms with van der Waals surface area (Å²) in [5.41, 5.74) is -0.170. The van der Waals surface area contributed by atoms with E-state index < -0.39 is 0 Å². The van der Waals surface area contributed by atoms with Gasteiger partial charge in [0.15, 0.2) is 0 Å². The van der Waals surface area contributed by atoms with Crippen molar-refractivity contribution in [2.24, 2.45) is 5.92 Å². The molecule has 0 amide bonds. The van der Waals surface area contributed by atoms with Crippen molar-refractivity contribution < 1.29 is 0 Å². The summed E-state index contributed by atoms with van der Waals surface area (Å²) in [6.45, 7) is 4.42. The molecule has 1 atom stereocenters. The molecule has 0 nitrogen and oxygen atoms in total. The maximum Gasteiger partial charge on any atom is 0.351 e. The van der Waals surface area contributed by atoms with Gasteiger partial charge < -0.3 is 0 Å². The number of hydrogen-bond acceptors (Lipinski definition) is 0. The Hall–Kier alpha value is 0.645. The fourth-order valence-corrected chi connectivity index (χ4v) is 1.74. The van der Waals surface area contributed by atoms with Crippen molar-refractivity contribution in [3.8, 4) is 0 Å². The summed E-state index contributed by atoms with van der Waals surface area (Å²) in [4.78, 5) is 0. The van der Waals surface area contributed by atoms with Crippen molar-refractivity contribution in [3.63, 3.8) is 0 Å². The molecular weight excluding hydrogens is 178 g/mol. The zero-order valence-corrected chi connectivity index (χ0v) is 8.96. The Morgan fingerprint density at radius 3 is 2.27 bits per heavy atom. The Labute approximate surface area is 80.6 Å². The van der Waals surface area contributed by atoms with Crippen LogP contribution in [0.2, 0.25) is 6.32 Å². The molecule has 0 heterocycles. The Bertz CT molecular complexity index is 86.2. The van der Waals surface area contributed by atoms with E-state index in [1.165, 1.54) is 25.7 Å². The molecule has 0 spiro atoms. The second-order valence-corrected chi connectivity index (χ2v) is 4.32. The molecular formula is C8H17BCl2. The Balaban J connectivity index is 3.41. The minimum atomic E-state index is -0.170. The quantitative estimate of drug-likeness (QED) is 0.557. The van der Waals surface area contributed by atoms with Crippen LogP contribution in [0.4, 0.5) is 0 Å². The highest BCUT2D eigenvalue weighted by molar-refractivity contribution is 7.33. The van der Waals surface area contributed by atoms with Crippen molar-refractivity contribution in [2.75, 3.05) is 0 Å². The lowest BCUT2D eigenvalue weighted by Gasteiger charge is -2.12. The van der Waals surface area contributed by atoms with Crippen LogP contribution in [-0.2, 0) is 0 Å². The van der Waals surface area contributed by atoms with Crippen molar-refractivity contribution in [1.82, 2.24) is 0 Å². The van der Waals surface area contributed by atoms with Gasteiger partial charge >= 0.3 is 5.54 Å². The SMILES string of the molecule is CCCCC(CC)CB(Cl)Cl. The van der Waals surface area contributed by atoms with E-state index in [0.717, 1.165) is 12.2 Å². The second-order valence-electron chi connectivity index (χ2n) is 3.04. The van der Waals surface area contributed by atoms with Crippen LogP contribution in [0.15, 0.2) is 0 Å². The predicted molar refractivity (Wildman–Crippen MR) is 55.6 cm³/mol. The molecule has 0 aromatic rings. The van der Waals surface area contributed by atoms with E-state index in [2.05, 4.69) is 13.8 Å². The molecule has 0 saturated heterocycles. The molecule has 11 heavy (non-hydrogen) atoms. The molecule has 66 valence electrons. The third kappa shape index (κ3) is 7.02. The normalized spacial score (nSPS) is 13.1. The maximum atomic E-state index is 5.70. The average Bonchev–Trinajstić information content (AvgIpc) is 1.97. The van der Waals surface area contributed by atoms with Gasteiger partial charge in [-0.05, 0) is 12.2 Å². The van der Waals surface area contributed by atoms with Gasteiger partial charge in [-0.3, -0.25) is 0 Å². The molecule has 0 saturated carbocycles. The van der Waals surface area contributed by atoms with E-state index >= 15 is 0 Å². The first-order valence-electron chi connectivity index (χ1n) is 4.48. The van der Waals surface area contributed by atoms with E-state index in [1.807, 2.05) is 0 Å². The highest BCUT2D eigenvalue weighted by atomic mass is 35.5. The largest absolute Gasteiger partial charge is 0.351 e. The second kappa shape index (κ2) is 7.30. The van der Waals surface area contributed by atoms with E-state index in [0.29, 0.717) is 0 Å². The predicted octanol–water partition coefficient (Wildman–Crippen LogP) is 4.17. The van der Waals surface area contributed by atoms with Crippen molar-refractivity contribution in [3.05, 3.63) is 0 Å². The Kier molecular flexibility index (Phi) is 7.73. The lowest BCUT2D eigenvalue weighted by Crippen LogP contribution is -2.05. The molecule has 0 rings (SSSR count). The highest BCUT2D eigenvalue weighted by Gasteiger charge is 2.13. The Morgan fingerprint density at radius 2 is 1.91 bits per heavy atom. The van der Waals surface area contributed by atoms with Gasteiger partial charge in [-0.2, -0.15) is 22.9 Å². The minimum absolute atomic E-state index is 0.170. The lowest BCUT2D eigenvalue weighted by molar-refractivity contribution is 0.490. The van der Waals surface area contributed by atoms with Gasteiger partial charge in [-0.25, -0.2) is 0 Å². The first kappa shape index (κ1) is 11.6. The molecule has 0 radical (unpaired) electrons. The van der Waals surface area contributed by atoms with Crippen LogP contribution in [0.5, 0.6) is 0 Å². The van der Waals surface area contributed by atoms with Crippen molar-refractivity contribution >= 4 is 28.5 Å². The Morgan fingerprint density at radius 1 is 1.27 bits per heavy atom. The van der Waals surface area contributed by atoms with E-state index in [4.69, 9.17) is 22.9 Å². The highest BCUT2D eigenvalue weighted by Crippen LogP contribution is 2.21. The number of rotatable bonds is 6. The van der Waals surface area contributed by atoms with Gasteiger partial charge in [-0.1, -0.05) is 39.5 Å². The zero-order valence-electron chi connectivity index (χ0n) is 7.45. The topological polar surface area (TPSA) is 0 Å². The van der Waals surface area contributed by atoms with Gasteiger partial charge in [0.1, 0.15) is 0 Å². The smallest absolute Gasteiger partial charge is 0.172 e. The standard InChI is InChI=1S/C8H17BCl2/c1-3-5-6-8(4-2)7-9(10)11/h8H,3-7H2,1-2H3. The summed E-state index contributed by atoms with van der Waals surface area (Å²) >= 11 is 11.4. The lowest BCUT2D eigenvalue weighted by atomic mass is 9.84. The number of unbranched alkanes of at least 4 members (excludes halogenated alkanes) is 1. The van der Waals surface area contributed by atoms with Crippen molar-refractivity contribution in [2.45, 2.75) is 45.9 Å². The third-order valence-corrected chi connectivity index (χ3v) is 2.41. The summed E-state index contributed by atoms with van der Waals surface area (Å²) in [5.74, 6) is 0.731. The van der Waals surface area contributed by atoms with Crippen LogP contribution >= 0.6 is 22.9 Å². The van der Waals surface area contributed by atoms with Crippen LogP contribution in [0, 0.1) is 5.92 Å². The van der Waals surface area contributed by atoms with E-state index in [-0.39, 0.29) is 5.54 Å². The number of hydrogen-bond donors (Lipinski definition) is 0. The van der Waals surface area contributed by atoms with E-state index in [1.54, 1.807) is 0 Å². The van der Waals surface area contributed by atoms with Crippen LogP contribution in [-0.4, -0.2) is 5.54 Å². The molecule has 0 aromatic carbocycles.